The number of nitrogens with zero attached hydrogens (tertiary/aromatic N) is 6. The Morgan fingerprint density at radius 1 is 1.43 bits per heavy atom. The second-order valence-corrected chi connectivity index (χ2v) is 5.26. The summed E-state index contributed by atoms with van der Waals surface area (Å²) in [4.78, 5) is 14.5. The predicted molar refractivity (Wildman–Crippen MR) is 78.3 cm³/mol. The average Bonchev–Trinajstić information content (AvgIpc) is 3.03. The number of ketones is 1. The van der Waals surface area contributed by atoms with Gasteiger partial charge < -0.3 is 10.6 Å². The van der Waals surface area contributed by atoms with E-state index in [0.29, 0.717) is 30.4 Å². The molecule has 2 rings (SSSR count). The maximum atomic E-state index is 12.5. The summed E-state index contributed by atoms with van der Waals surface area (Å²) >= 11 is 6.08. The first-order valence-electron chi connectivity index (χ1n) is 6.54. The first kappa shape index (κ1) is 15.6. The molecule has 8 nitrogen and oxygen atoms in total. The van der Waals surface area contributed by atoms with Gasteiger partial charge in [-0.05, 0) is 14.1 Å². The fourth-order valence-corrected chi connectivity index (χ4v) is 2.04. The number of rotatable bonds is 7. The van der Waals surface area contributed by atoms with Crippen molar-refractivity contribution >= 4 is 17.4 Å². The summed E-state index contributed by atoms with van der Waals surface area (Å²) in [5.41, 5.74) is 6.01. The third-order valence-corrected chi connectivity index (χ3v) is 3.17. The van der Waals surface area contributed by atoms with E-state index in [9.17, 15) is 4.79 Å². The van der Waals surface area contributed by atoms with Gasteiger partial charge in [-0.1, -0.05) is 16.8 Å². The van der Waals surface area contributed by atoms with Crippen molar-refractivity contribution < 1.29 is 4.79 Å². The molecule has 0 aliphatic carbocycles. The smallest absolute Gasteiger partial charge is 0.234 e. The van der Waals surface area contributed by atoms with Crippen LogP contribution in [0.15, 0.2) is 12.4 Å². The van der Waals surface area contributed by atoms with E-state index in [1.807, 2.05) is 19.0 Å². The Labute approximate surface area is 127 Å². The molecule has 0 aromatic carbocycles. The molecule has 0 radical (unpaired) electrons. The number of likely N-dealkylation sites (N-methyl/N-ethyl adjacent to an activating group) is 1. The van der Waals surface area contributed by atoms with Crippen LogP contribution in [-0.2, 0) is 13.1 Å². The van der Waals surface area contributed by atoms with E-state index in [-0.39, 0.29) is 11.5 Å². The number of carbonyl (C=O) groups excluding carboxylic acids is 1. The molecule has 2 aromatic rings. The molecule has 0 saturated carbocycles. The van der Waals surface area contributed by atoms with Gasteiger partial charge in [-0.15, -0.1) is 5.10 Å². The molecule has 0 aliphatic rings. The van der Waals surface area contributed by atoms with Gasteiger partial charge in [-0.2, -0.15) is 5.10 Å². The van der Waals surface area contributed by atoms with Crippen LogP contribution in [0.4, 0.5) is 0 Å². The molecular formula is C12H18ClN7O. The van der Waals surface area contributed by atoms with E-state index in [2.05, 4.69) is 15.4 Å². The highest BCUT2D eigenvalue weighted by atomic mass is 35.5. The van der Waals surface area contributed by atoms with Crippen molar-refractivity contribution in [3.63, 3.8) is 0 Å². The number of halogens is 1. The van der Waals surface area contributed by atoms with Crippen molar-refractivity contribution in [2.75, 3.05) is 27.2 Å². The van der Waals surface area contributed by atoms with E-state index in [4.69, 9.17) is 17.3 Å². The molecule has 0 unspecified atom stereocenters. The van der Waals surface area contributed by atoms with Gasteiger partial charge in [0.15, 0.2) is 5.69 Å². The topological polar surface area (TPSA) is 94.9 Å². The minimum Gasteiger partial charge on any atom is -0.329 e. The third kappa shape index (κ3) is 3.66. The Hall–Kier alpha value is -1.77. The minimum atomic E-state index is -0.292. The van der Waals surface area contributed by atoms with Gasteiger partial charge in [0.05, 0.1) is 30.5 Å². The monoisotopic (exact) mass is 311 g/mol. The Kier molecular flexibility index (Phi) is 5.05. The molecule has 0 saturated heterocycles. The number of aromatic nitrogens is 5. The lowest BCUT2D eigenvalue weighted by atomic mass is 10.2. The molecule has 2 heterocycles. The zero-order chi connectivity index (χ0) is 15.4. The van der Waals surface area contributed by atoms with E-state index in [0.717, 1.165) is 6.54 Å². The summed E-state index contributed by atoms with van der Waals surface area (Å²) in [5.74, 6) is -0.292. The summed E-state index contributed by atoms with van der Waals surface area (Å²) in [7, 11) is 3.90. The molecule has 2 N–H and O–H groups in total. The van der Waals surface area contributed by atoms with Crippen molar-refractivity contribution in [1.29, 1.82) is 0 Å². The first-order valence-corrected chi connectivity index (χ1v) is 6.91. The lowest BCUT2D eigenvalue weighted by Gasteiger charge is -2.11. The van der Waals surface area contributed by atoms with E-state index in [1.165, 1.54) is 10.9 Å². The van der Waals surface area contributed by atoms with Gasteiger partial charge in [-0.3, -0.25) is 14.2 Å². The quantitative estimate of drug-likeness (QED) is 0.716. The number of nitrogens with two attached hydrogens (primary N) is 1. The van der Waals surface area contributed by atoms with Gasteiger partial charge in [0.2, 0.25) is 5.78 Å². The van der Waals surface area contributed by atoms with Crippen molar-refractivity contribution in [3.05, 3.63) is 28.8 Å². The van der Waals surface area contributed by atoms with Crippen LogP contribution in [0.25, 0.3) is 0 Å². The van der Waals surface area contributed by atoms with Crippen LogP contribution in [0.5, 0.6) is 0 Å². The Balaban J connectivity index is 2.23. The normalized spacial score (nSPS) is 11.3. The fourth-order valence-electron chi connectivity index (χ4n) is 1.82. The highest BCUT2D eigenvalue weighted by Gasteiger charge is 2.21. The molecule has 0 bridgehead atoms. The number of carbonyl (C=O) groups is 1. The van der Waals surface area contributed by atoms with Crippen LogP contribution >= 0.6 is 11.6 Å². The van der Waals surface area contributed by atoms with Crippen LogP contribution in [0, 0.1) is 0 Å². The van der Waals surface area contributed by atoms with Crippen molar-refractivity contribution in [3.8, 4) is 0 Å². The lowest BCUT2D eigenvalue weighted by molar-refractivity contribution is 0.102. The molecule has 21 heavy (non-hydrogen) atoms. The van der Waals surface area contributed by atoms with Gasteiger partial charge in [0, 0.05) is 13.1 Å². The molecule has 9 heteroatoms. The second-order valence-electron chi connectivity index (χ2n) is 4.85. The van der Waals surface area contributed by atoms with Crippen LogP contribution < -0.4 is 5.73 Å². The molecule has 0 atom stereocenters. The molecule has 0 amide bonds. The second kappa shape index (κ2) is 6.79. The standard InChI is InChI=1S/C12H18ClN7O/c1-18(2)5-6-20-11(9(13)7-15-20)12(21)10-8-19(4-3-14)17-16-10/h7-8H,3-6,14H2,1-2H3. The molecule has 0 spiro atoms. The Morgan fingerprint density at radius 2 is 2.19 bits per heavy atom. The zero-order valence-electron chi connectivity index (χ0n) is 12.0. The number of hydrogen-bond acceptors (Lipinski definition) is 6. The molecule has 0 aliphatic heterocycles. The maximum absolute atomic E-state index is 12.5. The summed E-state index contributed by atoms with van der Waals surface area (Å²) in [5, 5.41) is 12.2. The maximum Gasteiger partial charge on any atom is 0.234 e. The van der Waals surface area contributed by atoms with Gasteiger partial charge >= 0.3 is 0 Å². The molecule has 0 fully saturated rings. The summed E-state index contributed by atoms with van der Waals surface area (Å²) in [6, 6.07) is 0. The van der Waals surface area contributed by atoms with Crippen LogP contribution in [0.2, 0.25) is 5.02 Å². The molecule has 2 aromatic heterocycles. The summed E-state index contributed by atoms with van der Waals surface area (Å²) in [6.45, 7) is 2.25. The highest BCUT2D eigenvalue weighted by Crippen LogP contribution is 2.18. The summed E-state index contributed by atoms with van der Waals surface area (Å²) < 4.78 is 3.12. The van der Waals surface area contributed by atoms with E-state index >= 15 is 0 Å². The predicted octanol–water partition coefficient (Wildman–Crippen LogP) is -0.121. The number of hydrogen-bond donors (Lipinski definition) is 1. The van der Waals surface area contributed by atoms with E-state index < -0.39 is 0 Å². The molecular weight excluding hydrogens is 294 g/mol. The fraction of sp³-hybridized carbons (Fsp3) is 0.500. The van der Waals surface area contributed by atoms with Gasteiger partial charge in [-0.25, -0.2) is 0 Å². The summed E-state index contributed by atoms with van der Waals surface area (Å²) in [6.07, 6.45) is 3.03. The minimum absolute atomic E-state index is 0.233. The highest BCUT2D eigenvalue weighted by molar-refractivity contribution is 6.34. The average molecular weight is 312 g/mol. The first-order chi connectivity index (χ1) is 10.0. The van der Waals surface area contributed by atoms with Crippen molar-refractivity contribution in [1.82, 2.24) is 29.7 Å². The third-order valence-electron chi connectivity index (χ3n) is 2.90. The Morgan fingerprint density at radius 3 is 2.86 bits per heavy atom. The van der Waals surface area contributed by atoms with Crippen molar-refractivity contribution in [2.45, 2.75) is 13.1 Å². The van der Waals surface area contributed by atoms with Crippen molar-refractivity contribution in [2.24, 2.45) is 5.73 Å². The van der Waals surface area contributed by atoms with Gasteiger partial charge in [0.25, 0.3) is 0 Å². The van der Waals surface area contributed by atoms with Crippen LogP contribution in [0.3, 0.4) is 0 Å². The van der Waals surface area contributed by atoms with Crippen LogP contribution in [-0.4, -0.2) is 62.6 Å². The van der Waals surface area contributed by atoms with E-state index in [1.54, 1.807) is 10.9 Å². The SMILES string of the molecule is CN(C)CCn1ncc(Cl)c1C(=O)c1cn(CCN)nn1. The largest absolute Gasteiger partial charge is 0.329 e. The zero-order valence-corrected chi connectivity index (χ0v) is 12.8. The van der Waals surface area contributed by atoms with Gasteiger partial charge in [0.1, 0.15) is 5.69 Å². The van der Waals surface area contributed by atoms with Crippen LogP contribution in [0.1, 0.15) is 16.2 Å². The lowest BCUT2D eigenvalue weighted by Crippen LogP contribution is -2.22. The molecule has 114 valence electrons. The Bertz CT molecular complexity index is 619.